The topological polar surface area (TPSA) is 55.4 Å². The summed E-state index contributed by atoms with van der Waals surface area (Å²) in [7, 11) is 1.34. The largest absolute Gasteiger partial charge is 0.469 e. The summed E-state index contributed by atoms with van der Waals surface area (Å²) in [5.41, 5.74) is 1.08. The maximum absolute atomic E-state index is 11.2. The van der Waals surface area contributed by atoms with E-state index >= 15 is 0 Å². The van der Waals surface area contributed by atoms with Crippen LogP contribution in [0.2, 0.25) is 0 Å². The molecular weight excluding hydrogens is 218 g/mol. The van der Waals surface area contributed by atoms with Gasteiger partial charge in [0.25, 0.3) is 0 Å². The maximum atomic E-state index is 11.2. The van der Waals surface area contributed by atoms with Crippen molar-refractivity contribution < 1.29 is 14.3 Å². The van der Waals surface area contributed by atoms with E-state index in [1.807, 2.05) is 30.3 Å². The number of amides is 1. The van der Waals surface area contributed by atoms with E-state index < -0.39 is 0 Å². The minimum Gasteiger partial charge on any atom is -0.469 e. The predicted molar refractivity (Wildman–Crippen MR) is 64.4 cm³/mol. The van der Waals surface area contributed by atoms with Gasteiger partial charge in [0.2, 0.25) is 5.91 Å². The number of hydrogen-bond acceptors (Lipinski definition) is 3. The average Bonchev–Trinajstić information content (AvgIpc) is 2.29. The first-order valence-corrected chi connectivity index (χ1v) is 5.49. The summed E-state index contributed by atoms with van der Waals surface area (Å²) in [4.78, 5) is 22.3. The molecule has 17 heavy (non-hydrogen) atoms. The van der Waals surface area contributed by atoms with Crippen molar-refractivity contribution in [3.63, 3.8) is 0 Å². The number of hydrogen-bond donors (Lipinski definition) is 1. The van der Waals surface area contributed by atoms with E-state index in [1.165, 1.54) is 14.0 Å². The van der Waals surface area contributed by atoms with Crippen LogP contribution in [0.5, 0.6) is 0 Å². The number of carbonyl (C=O) groups is 2. The lowest BCUT2D eigenvalue weighted by molar-refractivity contribution is -0.141. The second-order valence-corrected chi connectivity index (χ2v) is 3.87. The molecule has 0 aromatic heterocycles. The van der Waals surface area contributed by atoms with Crippen molar-refractivity contribution in [2.45, 2.75) is 25.8 Å². The monoisotopic (exact) mass is 235 g/mol. The van der Waals surface area contributed by atoms with Crippen molar-refractivity contribution >= 4 is 11.9 Å². The summed E-state index contributed by atoms with van der Waals surface area (Å²) >= 11 is 0. The molecule has 4 nitrogen and oxygen atoms in total. The number of carbonyl (C=O) groups excluding carboxylic acids is 2. The van der Waals surface area contributed by atoms with Crippen LogP contribution < -0.4 is 5.32 Å². The van der Waals surface area contributed by atoms with Gasteiger partial charge in [-0.3, -0.25) is 9.59 Å². The lowest BCUT2D eigenvalue weighted by Crippen LogP contribution is -2.36. The number of methoxy groups -OCH3 is 1. The van der Waals surface area contributed by atoms with Crippen molar-refractivity contribution in [3.05, 3.63) is 35.9 Å². The molecule has 1 N–H and O–H groups in total. The summed E-state index contributed by atoms with van der Waals surface area (Å²) in [5.74, 6) is -0.463. The molecule has 0 saturated carbocycles. The molecule has 1 amide bonds. The van der Waals surface area contributed by atoms with Crippen molar-refractivity contribution in [2.75, 3.05) is 7.11 Å². The number of ether oxygens (including phenoxy) is 1. The Bertz CT molecular complexity index is 376. The summed E-state index contributed by atoms with van der Waals surface area (Å²) in [6.07, 6.45) is 0.806. The zero-order chi connectivity index (χ0) is 12.7. The molecule has 1 aromatic rings. The Kier molecular flexibility index (Phi) is 5.20. The molecule has 92 valence electrons. The minimum atomic E-state index is -0.320. The lowest BCUT2D eigenvalue weighted by Gasteiger charge is -2.16. The Labute approximate surface area is 101 Å². The van der Waals surface area contributed by atoms with Gasteiger partial charge >= 0.3 is 5.97 Å². The second-order valence-electron chi connectivity index (χ2n) is 3.87. The van der Waals surface area contributed by atoms with Crippen LogP contribution in [0, 0.1) is 0 Å². The fourth-order valence-corrected chi connectivity index (χ4v) is 1.64. The van der Waals surface area contributed by atoms with E-state index in [0.717, 1.165) is 5.56 Å². The van der Waals surface area contributed by atoms with Crippen LogP contribution in [-0.4, -0.2) is 25.0 Å². The fourth-order valence-electron chi connectivity index (χ4n) is 1.64. The Balaban J connectivity index is 2.63. The quantitative estimate of drug-likeness (QED) is 0.782. The molecule has 0 spiro atoms. The van der Waals surface area contributed by atoms with E-state index in [2.05, 4.69) is 10.1 Å². The van der Waals surface area contributed by atoms with Gasteiger partial charge < -0.3 is 10.1 Å². The van der Waals surface area contributed by atoms with Crippen LogP contribution in [0.3, 0.4) is 0 Å². The van der Waals surface area contributed by atoms with Crippen LogP contribution in [0.15, 0.2) is 30.3 Å². The molecule has 1 aromatic carbocycles. The molecule has 1 rings (SSSR count). The smallest absolute Gasteiger partial charge is 0.307 e. The second kappa shape index (κ2) is 6.68. The first-order chi connectivity index (χ1) is 8.11. The molecule has 0 saturated heterocycles. The Morgan fingerprint density at radius 3 is 2.47 bits per heavy atom. The molecule has 0 bridgehead atoms. The van der Waals surface area contributed by atoms with Gasteiger partial charge in [0, 0.05) is 13.0 Å². The third-order valence-corrected chi connectivity index (χ3v) is 2.37. The average molecular weight is 235 g/mol. The number of nitrogens with one attached hydrogen (secondary N) is 1. The molecule has 1 atom stereocenters. The third-order valence-electron chi connectivity index (χ3n) is 2.37. The first kappa shape index (κ1) is 13.2. The van der Waals surface area contributed by atoms with Crippen molar-refractivity contribution in [1.29, 1.82) is 0 Å². The van der Waals surface area contributed by atoms with Crippen LogP contribution in [0.25, 0.3) is 0 Å². The van der Waals surface area contributed by atoms with Gasteiger partial charge in [-0.25, -0.2) is 0 Å². The van der Waals surface area contributed by atoms with Gasteiger partial charge in [-0.2, -0.15) is 0 Å². The Hall–Kier alpha value is -1.84. The molecule has 0 aliphatic rings. The minimum absolute atomic E-state index is 0.144. The van der Waals surface area contributed by atoms with E-state index in [1.54, 1.807) is 0 Å². The lowest BCUT2D eigenvalue weighted by atomic mass is 10.0. The third kappa shape index (κ3) is 5.15. The molecule has 0 heterocycles. The Morgan fingerprint density at radius 2 is 1.94 bits per heavy atom. The highest BCUT2D eigenvalue weighted by Crippen LogP contribution is 2.06. The molecule has 0 aliphatic carbocycles. The first-order valence-electron chi connectivity index (χ1n) is 5.49. The maximum Gasteiger partial charge on any atom is 0.307 e. The summed E-state index contributed by atoms with van der Waals surface area (Å²) < 4.78 is 4.61. The zero-order valence-electron chi connectivity index (χ0n) is 10.1. The van der Waals surface area contributed by atoms with E-state index in [4.69, 9.17) is 0 Å². The fraction of sp³-hybridized carbons (Fsp3) is 0.385. The number of rotatable bonds is 5. The standard InChI is InChI=1S/C13H17NO3/c1-10(15)14-12(9-13(16)17-2)8-11-6-4-3-5-7-11/h3-7,12H,8-9H2,1-2H3,(H,14,15). The molecule has 0 fully saturated rings. The van der Waals surface area contributed by atoms with Gasteiger partial charge in [-0.15, -0.1) is 0 Å². The Morgan fingerprint density at radius 1 is 1.29 bits per heavy atom. The van der Waals surface area contributed by atoms with Gasteiger partial charge in [0.05, 0.1) is 13.5 Å². The van der Waals surface area contributed by atoms with Gasteiger partial charge in [0.15, 0.2) is 0 Å². The molecule has 0 radical (unpaired) electrons. The van der Waals surface area contributed by atoms with Gasteiger partial charge in [0.1, 0.15) is 0 Å². The number of esters is 1. The van der Waals surface area contributed by atoms with Crippen molar-refractivity contribution in [3.8, 4) is 0 Å². The van der Waals surface area contributed by atoms with E-state index in [-0.39, 0.29) is 24.3 Å². The zero-order valence-corrected chi connectivity index (χ0v) is 10.1. The van der Waals surface area contributed by atoms with Crippen LogP contribution in [0.1, 0.15) is 18.9 Å². The number of benzene rings is 1. The highest BCUT2D eigenvalue weighted by atomic mass is 16.5. The molecule has 4 heteroatoms. The van der Waals surface area contributed by atoms with Crippen LogP contribution >= 0.6 is 0 Å². The highest BCUT2D eigenvalue weighted by molar-refractivity contribution is 5.75. The van der Waals surface area contributed by atoms with Crippen molar-refractivity contribution in [2.24, 2.45) is 0 Å². The normalized spacial score (nSPS) is 11.6. The predicted octanol–water partition coefficient (Wildman–Crippen LogP) is 1.30. The van der Waals surface area contributed by atoms with Crippen LogP contribution in [0.4, 0.5) is 0 Å². The SMILES string of the molecule is COC(=O)CC(Cc1ccccc1)NC(C)=O. The van der Waals surface area contributed by atoms with E-state index in [9.17, 15) is 9.59 Å². The van der Waals surface area contributed by atoms with Gasteiger partial charge in [-0.05, 0) is 12.0 Å². The van der Waals surface area contributed by atoms with Crippen molar-refractivity contribution in [1.82, 2.24) is 5.32 Å². The van der Waals surface area contributed by atoms with Gasteiger partial charge in [-0.1, -0.05) is 30.3 Å². The molecular formula is C13H17NO3. The summed E-state index contributed by atoms with van der Waals surface area (Å²) in [5, 5.41) is 2.75. The summed E-state index contributed by atoms with van der Waals surface area (Å²) in [6.45, 7) is 1.44. The van der Waals surface area contributed by atoms with Crippen LogP contribution in [-0.2, 0) is 20.7 Å². The molecule has 1 unspecified atom stereocenters. The molecule has 0 aliphatic heterocycles. The summed E-state index contributed by atoms with van der Waals surface area (Å²) in [6, 6.07) is 9.49. The van der Waals surface area contributed by atoms with E-state index in [0.29, 0.717) is 6.42 Å². The highest BCUT2D eigenvalue weighted by Gasteiger charge is 2.15.